The normalized spacial score (nSPS) is 12.5. The van der Waals surface area contributed by atoms with Crippen molar-refractivity contribution in [1.29, 1.82) is 0 Å². The first-order valence-electron chi connectivity index (χ1n) is 9.24. The number of hydrogen-bond acceptors (Lipinski definition) is 3. The van der Waals surface area contributed by atoms with Crippen molar-refractivity contribution < 1.29 is 9.21 Å². The van der Waals surface area contributed by atoms with Crippen LogP contribution in [-0.2, 0) is 11.8 Å². The Labute approximate surface area is 173 Å². The number of benzene rings is 2. The number of aromatic nitrogens is 2. The third-order valence-corrected chi connectivity index (χ3v) is 5.19. The van der Waals surface area contributed by atoms with Crippen LogP contribution in [0.1, 0.15) is 28.6 Å². The lowest BCUT2D eigenvalue weighted by molar-refractivity contribution is -0.117. The minimum atomic E-state index is -0.411. The van der Waals surface area contributed by atoms with E-state index in [9.17, 15) is 4.79 Å². The summed E-state index contributed by atoms with van der Waals surface area (Å²) in [5.74, 6) is 0.424. The van der Waals surface area contributed by atoms with Gasteiger partial charge in [-0.3, -0.25) is 9.48 Å². The molecule has 2 aromatic carbocycles. The quantitative estimate of drug-likeness (QED) is 0.473. The van der Waals surface area contributed by atoms with Crippen LogP contribution in [0.25, 0.3) is 17.0 Å². The van der Waals surface area contributed by atoms with Crippen molar-refractivity contribution in [2.24, 2.45) is 7.05 Å². The fourth-order valence-corrected chi connectivity index (χ4v) is 3.53. The molecule has 5 nitrogen and oxygen atoms in total. The molecule has 0 aliphatic heterocycles. The Kier molecular flexibility index (Phi) is 5.23. The first kappa shape index (κ1) is 19.0. The van der Waals surface area contributed by atoms with Crippen molar-refractivity contribution in [2.75, 3.05) is 0 Å². The van der Waals surface area contributed by atoms with Crippen LogP contribution in [0.5, 0.6) is 0 Å². The third kappa shape index (κ3) is 3.96. The van der Waals surface area contributed by atoms with Crippen molar-refractivity contribution >= 4 is 34.6 Å². The van der Waals surface area contributed by atoms with Gasteiger partial charge in [0.25, 0.3) is 0 Å². The maximum Gasteiger partial charge on any atom is 0.244 e. The van der Waals surface area contributed by atoms with E-state index in [0.29, 0.717) is 10.9 Å². The topological polar surface area (TPSA) is 60.1 Å². The van der Waals surface area contributed by atoms with Crippen molar-refractivity contribution in [1.82, 2.24) is 15.1 Å². The molecule has 0 aliphatic rings. The predicted octanol–water partition coefficient (Wildman–Crippen LogP) is 5.05. The van der Waals surface area contributed by atoms with E-state index in [1.807, 2.05) is 67.6 Å². The summed E-state index contributed by atoms with van der Waals surface area (Å²) in [6, 6.07) is 19.1. The summed E-state index contributed by atoms with van der Waals surface area (Å²) in [6.07, 6.45) is 3.15. The fraction of sp³-hybridized carbons (Fsp3) is 0.130. The minimum absolute atomic E-state index is 0.251. The van der Waals surface area contributed by atoms with Gasteiger partial charge in [-0.1, -0.05) is 60.1 Å². The molecule has 0 aliphatic carbocycles. The lowest BCUT2D eigenvalue weighted by Crippen LogP contribution is -2.27. The standard InChI is InChI=1S/C23H20ClN3O2/c1-15-18(23(24)27(2)26-15)12-13-21(28)25-22(16-8-4-3-5-9-16)20-14-17-10-6-7-11-19(17)29-20/h3-14,22H,1-2H3,(H,25,28)/b13-12+. The van der Waals surface area contributed by atoms with Crippen LogP contribution in [-0.4, -0.2) is 15.7 Å². The maximum atomic E-state index is 12.7. The van der Waals surface area contributed by atoms with Crippen molar-refractivity contribution in [3.63, 3.8) is 0 Å². The highest BCUT2D eigenvalue weighted by molar-refractivity contribution is 6.31. The van der Waals surface area contributed by atoms with Gasteiger partial charge < -0.3 is 9.73 Å². The van der Waals surface area contributed by atoms with E-state index >= 15 is 0 Å². The van der Waals surface area contributed by atoms with Crippen LogP contribution in [0.15, 0.2) is 71.2 Å². The number of carbonyl (C=O) groups is 1. The lowest BCUT2D eigenvalue weighted by atomic mass is 10.0. The number of aryl methyl sites for hydroxylation is 2. The average molecular weight is 406 g/mol. The molecule has 1 N–H and O–H groups in total. The number of nitrogens with zero attached hydrogens (tertiary/aromatic N) is 2. The molecule has 146 valence electrons. The van der Waals surface area contributed by atoms with Crippen LogP contribution in [0.4, 0.5) is 0 Å². The smallest absolute Gasteiger partial charge is 0.244 e. The molecular weight excluding hydrogens is 386 g/mol. The second kappa shape index (κ2) is 7.97. The van der Waals surface area contributed by atoms with Crippen LogP contribution in [0.3, 0.4) is 0 Å². The van der Waals surface area contributed by atoms with E-state index in [2.05, 4.69) is 10.4 Å². The van der Waals surface area contributed by atoms with Crippen molar-refractivity contribution in [3.8, 4) is 0 Å². The summed E-state index contributed by atoms with van der Waals surface area (Å²) < 4.78 is 7.60. The van der Waals surface area contributed by atoms with E-state index in [1.54, 1.807) is 17.8 Å². The molecule has 1 amide bonds. The number of fused-ring (bicyclic) bond motifs is 1. The van der Waals surface area contributed by atoms with E-state index in [-0.39, 0.29) is 5.91 Å². The summed E-state index contributed by atoms with van der Waals surface area (Å²) in [5.41, 5.74) is 3.21. The second-order valence-electron chi connectivity index (χ2n) is 6.79. The Morgan fingerprint density at radius 2 is 1.90 bits per heavy atom. The van der Waals surface area contributed by atoms with Crippen molar-refractivity contribution in [3.05, 3.63) is 94.5 Å². The van der Waals surface area contributed by atoms with Crippen LogP contribution in [0.2, 0.25) is 5.15 Å². The van der Waals surface area contributed by atoms with Crippen molar-refractivity contribution in [2.45, 2.75) is 13.0 Å². The van der Waals surface area contributed by atoms with E-state index < -0.39 is 6.04 Å². The molecule has 4 rings (SSSR count). The number of carbonyl (C=O) groups excluding carboxylic acids is 1. The van der Waals surface area contributed by atoms with Gasteiger partial charge in [0, 0.05) is 24.1 Å². The Hall–Kier alpha value is -3.31. The largest absolute Gasteiger partial charge is 0.459 e. The second-order valence-corrected chi connectivity index (χ2v) is 7.14. The zero-order valence-corrected chi connectivity index (χ0v) is 16.9. The molecule has 1 atom stereocenters. The number of rotatable bonds is 5. The summed E-state index contributed by atoms with van der Waals surface area (Å²) in [7, 11) is 1.76. The molecule has 0 bridgehead atoms. The molecular formula is C23H20ClN3O2. The molecule has 0 spiro atoms. The molecule has 0 fully saturated rings. The zero-order valence-electron chi connectivity index (χ0n) is 16.1. The van der Waals surface area contributed by atoms with Gasteiger partial charge in [0.05, 0.1) is 5.69 Å². The average Bonchev–Trinajstić information content (AvgIpc) is 3.26. The number of halogens is 1. The van der Waals surface area contributed by atoms with Gasteiger partial charge in [-0.25, -0.2) is 0 Å². The van der Waals surface area contributed by atoms with Gasteiger partial charge in [0.1, 0.15) is 22.5 Å². The SMILES string of the molecule is Cc1nn(C)c(Cl)c1/C=C/C(=O)NC(c1ccccc1)c1cc2ccccc2o1. The number of nitrogens with one attached hydrogen (secondary N) is 1. The van der Waals surface area contributed by atoms with Crippen LogP contribution < -0.4 is 5.32 Å². The number of para-hydroxylation sites is 1. The molecule has 0 saturated carbocycles. The van der Waals surface area contributed by atoms with Gasteiger partial charge in [0.15, 0.2) is 0 Å². The molecule has 0 saturated heterocycles. The van der Waals surface area contributed by atoms with Crippen LogP contribution >= 0.6 is 11.6 Å². The summed E-state index contributed by atoms with van der Waals surface area (Å²) in [4.78, 5) is 12.7. The van der Waals surface area contributed by atoms with Gasteiger partial charge >= 0.3 is 0 Å². The highest BCUT2D eigenvalue weighted by Gasteiger charge is 2.20. The molecule has 2 heterocycles. The predicted molar refractivity (Wildman–Crippen MR) is 115 cm³/mol. The molecule has 0 radical (unpaired) electrons. The molecule has 4 aromatic rings. The van der Waals surface area contributed by atoms with Gasteiger partial charge in [-0.15, -0.1) is 0 Å². The highest BCUT2D eigenvalue weighted by Crippen LogP contribution is 2.28. The Morgan fingerprint density at radius 3 is 2.59 bits per heavy atom. The van der Waals surface area contributed by atoms with E-state index in [1.165, 1.54) is 6.08 Å². The van der Waals surface area contributed by atoms with Gasteiger partial charge in [-0.2, -0.15) is 5.10 Å². The maximum absolute atomic E-state index is 12.7. The van der Waals surface area contributed by atoms with E-state index in [0.717, 1.165) is 27.8 Å². The Balaban J connectivity index is 1.63. The Bertz CT molecular complexity index is 1160. The first-order valence-corrected chi connectivity index (χ1v) is 9.62. The third-order valence-electron chi connectivity index (χ3n) is 4.75. The number of furan rings is 1. The monoisotopic (exact) mass is 405 g/mol. The lowest BCUT2D eigenvalue weighted by Gasteiger charge is -2.16. The summed E-state index contributed by atoms with van der Waals surface area (Å²) in [5, 5.41) is 8.77. The Morgan fingerprint density at radius 1 is 1.17 bits per heavy atom. The van der Waals surface area contributed by atoms with Gasteiger partial charge in [0.2, 0.25) is 5.91 Å². The number of hydrogen-bond donors (Lipinski definition) is 1. The van der Waals surface area contributed by atoms with Gasteiger partial charge in [-0.05, 0) is 30.7 Å². The van der Waals surface area contributed by atoms with E-state index in [4.69, 9.17) is 16.0 Å². The molecule has 2 aromatic heterocycles. The summed E-state index contributed by atoms with van der Waals surface area (Å²) in [6.45, 7) is 1.85. The molecule has 1 unspecified atom stereocenters. The molecule has 6 heteroatoms. The molecule has 29 heavy (non-hydrogen) atoms. The zero-order chi connectivity index (χ0) is 20.4. The summed E-state index contributed by atoms with van der Waals surface area (Å²) >= 11 is 6.24. The fourth-order valence-electron chi connectivity index (χ4n) is 3.29. The first-order chi connectivity index (χ1) is 14.0. The number of amides is 1. The van der Waals surface area contributed by atoms with Crippen LogP contribution in [0, 0.1) is 6.92 Å². The minimum Gasteiger partial charge on any atom is -0.459 e. The highest BCUT2D eigenvalue weighted by atomic mass is 35.5.